The van der Waals surface area contributed by atoms with Crippen LogP contribution in [0.3, 0.4) is 0 Å². The van der Waals surface area contributed by atoms with Crippen LogP contribution in [0.2, 0.25) is 0 Å². The molecule has 0 unspecified atom stereocenters. The van der Waals surface area contributed by atoms with Gasteiger partial charge in [0.2, 0.25) is 0 Å². The van der Waals surface area contributed by atoms with E-state index in [-0.39, 0.29) is 11.1 Å². The minimum absolute atomic E-state index is 0.0175. The van der Waals surface area contributed by atoms with Crippen molar-refractivity contribution in [1.29, 1.82) is 0 Å². The van der Waals surface area contributed by atoms with Crippen molar-refractivity contribution in [2.45, 2.75) is 13.8 Å². The van der Waals surface area contributed by atoms with E-state index in [1.807, 2.05) is 0 Å². The highest BCUT2D eigenvalue weighted by atomic mass is 27.2. The highest BCUT2D eigenvalue weighted by molar-refractivity contribution is 6.95. The van der Waals surface area contributed by atoms with E-state index in [4.69, 9.17) is 4.74 Å². The maximum absolute atomic E-state index is 15.1. The van der Waals surface area contributed by atoms with Gasteiger partial charge in [-0.25, -0.2) is 26.3 Å². The highest BCUT2D eigenvalue weighted by Gasteiger charge is 2.41. The average Bonchev–Trinajstić information content (AvgIpc) is 2.68. The van der Waals surface area contributed by atoms with Crippen LogP contribution >= 0.6 is 0 Å². The molecule has 0 heterocycles. The summed E-state index contributed by atoms with van der Waals surface area (Å²) in [6, 6.07) is 5.94. The number of rotatable bonds is 4. The molecule has 0 atom stereocenters. The first-order valence-corrected chi connectivity index (χ1v) is 10.3. The zero-order chi connectivity index (χ0) is 21.5. The first-order valence-electron chi connectivity index (χ1n) is 8.59. The molecular formula is C21H15AlF6O. The van der Waals surface area contributed by atoms with Crippen molar-refractivity contribution in [2.24, 2.45) is 0 Å². The van der Waals surface area contributed by atoms with Crippen LogP contribution in [0.4, 0.5) is 26.3 Å². The van der Waals surface area contributed by atoms with E-state index in [0.29, 0.717) is 0 Å². The van der Waals surface area contributed by atoms with Crippen molar-refractivity contribution in [3.63, 3.8) is 0 Å². The van der Waals surface area contributed by atoms with Crippen molar-refractivity contribution in [2.75, 3.05) is 7.11 Å². The summed E-state index contributed by atoms with van der Waals surface area (Å²) in [6.45, 7) is 2.65. The standard InChI is InChI=1S/C7H5F2O.2C7H5F2.Al/c1-10-7-3-2-5(8)4-6(7)9;2*1-5-2-3-6(8)4-7(5)9;/h2-3H,1H3;2*2-3H,1H3;. The molecule has 8 heteroatoms. The largest absolute Gasteiger partial charge is 0.494 e. The van der Waals surface area contributed by atoms with Gasteiger partial charge in [-0.05, 0) is 62.5 Å². The number of hydrogen-bond acceptors (Lipinski definition) is 1. The third-order valence-corrected chi connectivity index (χ3v) is 8.14. The first-order chi connectivity index (χ1) is 13.7. The van der Waals surface area contributed by atoms with Gasteiger partial charge in [-0.1, -0.05) is 12.1 Å². The van der Waals surface area contributed by atoms with Crippen LogP contribution in [0, 0.1) is 48.8 Å². The summed E-state index contributed by atoms with van der Waals surface area (Å²) in [5.74, 6) is -7.27. The normalized spacial score (nSPS) is 10.9. The lowest BCUT2D eigenvalue weighted by Gasteiger charge is -2.20. The molecular weight excluding hydrogens is 409 g/mol. The Morgan fingerprint density at radius 2 is 0.966 bits per heavy atom. The number of benzene rings is 3. The maximum Gasteiger partial charge on any atom is 0.412 e. The van der Waals surface area contributed by atoms with Crippen LogP contribution < -0.4 is 18.0 Å². The maximum atomic E-state index is 15.1. The lowest BCUT2D eigenvalue weighted by atomic mass is 10.2. The SMILES string of the molecule is COc1ccc(F)[c]([Al]([c]2c(F)ccc(C)c2F)[c]2c(F)ccc(C)c2F)c1F. The van der Waals surface area contributed by atoms with Gasteiger partial charge in [-0.3, -0.25) is 0 Å². The second-order valence-corrected chi connectivity index (χ2v) is 9.19. The van der Waals surface area contributed by atoms with Crippen molar-refractivity contribution in [3.05, 3.63) is 82.4 Å². The van der Waals surface area contributed by atoms with E-state index in [9.17, 15) is 22.0 Å². The van der Waals surface area contributed by atoms with Crippen molar-refractivity contribution >= 4 is 27.4 Å². The van der Waals surface area contributed by atoms with Crippen LogP contribution in [0.1, 0.15) is 11.1 Å². The Bertz CT molecular complexity index is 1040. The molecule has 0 aliphatic heterocycles. The minimum Gasteiger partial charge on any atom is -0.494 e. The van der Waals surface area contributed by atoms with Crippen LogP contribution in [0.15, 0.2) is 36.4 Å². The van der Waals surface area contributed by atoms with Gasteiger partial charge in [0.15, 0.2) is 11.6 Å². The molecule has 29 heavy (non-hydrogen) atoms. The van der Waals surface area contributed by atoms with Crippen LogP contribution in [-0.2, 0) is 0 Å². The third kappa shape index (κ3) is 3.63. The van der Waals surface area contributed by atoms with Crippen molar-refractivity contribution in [3.8, 4) is 5.75 Å². The van der Waals surface area contributed by atoms with Gasteiger partial charge in [-0.2, -0.15) is 0 Å². The minimum atomic E-state index is -3.97. The van der Waals surface area contributed by atoms with Gasteiger partial charge in [0.1, 0.15) is 29.1 Å². The fourth-order valence-corrected chi connectivity index (χ4v) is 6.63. The van der Waals surface area contributed by atoms with Crippen LogP contribution in [0.5, 0.6) is 5.75 Å². The van der Waals surface area contributed by atoms with E-state index in [2.05, 4.69) is 0 Å². The smallest absolute Gasteiger partial charge is 0.412 e. The third-order valence-electron chi connectivity index (χ3n) is 4.82. The molecule has 3 rings (SSSR count). The lowest BCUT2D eigenvalue weighted by Crippen LogP contribution is -2.59. The van der Waals surface area contributed by atoms with Gasteiger partial charge in [-0.15, -0.1) is 0 Å². The monoisotopic (exact) mass is 424 g/mol. The molecule has 0 aromatic heterocycles. The number of ether oxygens (including phenoxy) is 1. The lowest BCUT2D eigenvalue weighted by molar-refractivity contribution is 0.386. The summed E-state index contributed by atoms with van der Waals surface area (Å²) < 4.78 is 91.8. The average molecular weight is 424 g/mol. The molecule has 0 amide bonds. The van der Waals surface area contributed by atoms with E-state index in [0.717, 1.165) is 43.5 Å². The Labute approximate surface area is 167 Å². The van der Waals surface area contributed by atoms with Gasteiger partial charge in [0, 0.05) is 0 Å². The zero-order valence-corrected chi connectivity index (χ0v) is 16.9. The first kappa shape index (κ1) is 21.3. The summed E-state index contributed by atoms with van der Waals surface area (Å²) in [5, 5.41) is 0. The molecule has 0 saturated carbocycles. The molecule has 1 nitrogen and oxygen atoms in total. The molecule has 0 saturated heterocycles. The molecule has 0 N–H and O–H groups in total. The number of methoxy groups -OCH3 is 1. The Kier molecular flexibility index (Phi) is 5.97. The molecule has 0 aliphatic carbocycles. The van der Waals surface area contributed by atoms with Crippen molar-refractivity contribution in [1.82, 2.24) is 0 Å². The summed E-state index contributed by atoms with van der Waals surface area (Å²) in [5.41, 5.74) is -0.0350. The second kappa shape index (κ2) is 8.13. The van der Waals surface area contributed by atoms with E-state index < -0.39 is 68.1 Å². The predicted octanol–water partition coefficient (Wildman–Crippen LogP) is 3.66. The molecule has 3 aromatic rings. The van der Waals surface area contributed by atoms with Gasteiger partial charge < -0.3 is 4.74 Å². The van der Waals surface area contributed by atoms with Crippen molar-refractivity contribution < 1.29 is 31.1 Å². The zero-order valence-electron chi connectivity index (χ0n) is 15.7. The fraction of sp³-hybridized carbons (Fsp3) is 0.143. The molecule has 0 spiro atoms. The summed E-state index contributed by atoms with van der Waals surface area (Å²) in [6.07, 6.45) is 0. The molecule has 0 fully saturated rings. The van der Waals surface area contributed by atoms with Gasteiger partial charge in [0.05, 0.1) is 7.11 Å². The predicted molar refractivity (Wildman–Crippen MR) is 99.8 cm³/mol. The van der Waals surface area contributed by atoms with E-state index in [1.165, 1.54) is 13.8 Å². The Morgan fingerprint density at radius 3 is 1.38 bits per heavy atom. The Hall–Kier alpha value is -2.43. The summed E-state index contributed by atoms with van der Waals surface area (Å²) in [7, 11) is 1.12. The summed E-state index contributed by atoms with van der Waals surface area (Å²) >= 11 is -3.97. The number of hydrogen-bond donors (Lipinski definition) is 0. The molecule has 0 aliphatic rings. The Balaban J connectivity index is 2.51. The fourth-order valence-electron chi connectivity index (χ4n) is 3.29. The van der Waals surface area contributed by atoms with Gasteiger partial charge >= 0.3 is 14.1 Å². The van der Waals surface area contributed by atoms with Crippen LogP contribution in [0.25, 0.3) is 0 Å². The summed E-state index contributed by atoms with van der Waals surface area (Å²) in [4.78, 5) is 0. The Morgan fingerprint density at radius 1 is 0.586 bits per heavy atom. The van der Waals surface area contributed by atoms with Gasteiger partial charge in [0.25, 0.3) is 0 Å². The topological polar surface area (TPSA) is 9.23 Å². The second-order valence-electron chi connectivity index (χ2n) is 6.59. The number of aryl methyl sites for hydroxylation is 2. The quantitative estimate of drug-likeness (QED) is 0.459. The number of halogens is 6. The highest BCUT2D eigenvalue weighted by Crippen LogP contribution is 2.19. The van der Waals surface area contributed by atoms with E-state index >= 15 is 4.39 Å². The van der Waals surface area contributed by atoms with E-state index in [1.54, 1.807) is 0 Å². The molecule has 3 aromatic carbocycles. The molecule has 0 radical (unpaired) electrons. The molecule has 150 valence electrons. The molecule has 0 bridgehead atoms. The van der Waals surface area contributed by atoms with Crippen LogP contribution in [-0.4, -0.2) is 21.3 Å².